The number of aromatic nitrogens is 4. The Bertz CT molecular complexity index is 762. The SMILES string of the molecule is Clc1ncc2cc(-c3cccnc3)n(C3CCC3)c2n1. The fourth-order valence-electron chi connectivity index (χ4n) is 2.74. The van der Waals surface area contributed by atoms with Gasteiger partial charge in [0.25, 0.3) is 0 Å². The number of pyridine rings is 1. The van der Waals surface area contributed by atoms with Crippen LogP contribution in [0.4, 0.5) is 0 Å². The molecule has 1 saturated carbocycles. The Balaban J connectivity index is 1.99. The van der Waals surface area contributed by atoms with E-state index in [2.05, 4.69) is 31.7 Å². The summed E-state index contributed by atoms with van der Waals surface area (Å²) in [7, 11) is 0. The van der Waals surface area contributed by atoms with Crippen LogP contribution < -0.4 is 0 Å². The van der Waals surface area contributed by atoms with E-state index in [9.17, 15) is 0 Å². The molecule has 4 rings (SSSR count). The Hall–Kier alpha value is -1.94. The first-order valence-electron chi connectivity index (χ1n) is 6.77. The van der Waals surface area contributed by atoms with Gasteiger partial charge in [-0.1, -0.05) is 0 Å². The minimum atomic E-state index is 0.300. The van der Waals surface area contributed by atoms with Gasteiger partial charge in [-0.15, -0.1) is 0 Å². The van der Waals surface area contributed by atoms with Crippen molar-refractivity contribution in [2.75, 3.05) is 0 Å². The molecule has 0 aliphatic heterocycles. The monoisotopic (exact) mass is 284 g/mol. The van der Waals surface area contributed by atoms with Crippen LogP contribution in [-0.2, 0) is 0 Å². The van der Waals surface area contributed by atoms with E-state index < -0.39 is 0 Å². The lowest BCUT2D eigenvalue weighted by Crippen LogP contribution is -2.18. The van der Waals surface area contributed by atoms with Gasteiger partial charge in [-0.05, 0) is 49.1 Å². The van der Waals surface area contributed by atoms with E-state index >= 15 is 0 Å². The van der Waals surface area contributed by atoms with Crippen molar-refractivity contribution in [1.29, 1.82) is 0 Å². The van der Waals surface area contributed by atoms with E-state index in [0.717, 1.165) is 22.3 Å². The molecule has 3 aromatic heterocycles. The lowest BCUT2D eigenvalue weighted by Gasteiger charge is -2.29. The van der Waals surface area contributed by atoms with E-state index in [1.165, 1.54) is 19.3 Å². The van der Waals surface area contributed by atoms with Crippen molar-refractivity contribution in [2.24, 2.45) is 0 Å². The lowest BCUT2D eigenvalue weighted by atomic mass is 9.92. The summed E-state index contributed by atoms with van der Waals surface area (Å²) in [4.78, 5) is 12.7. The molecular weight excluding hydrogens is 272 g/mol. The molecule has 0 aromatic carbocycles. The topological polar surface area (TPSA) is 43.6 Å². The molecule has 0 bridgehead atoms. The molecule has 100 valence electrons. The Morgan fingerprint density at radius 2 is 2.15 bits per heavy atom. The number of fused-ring (bicyclic) bond motifs is 1. The molecule has 1 aliphatic rings. The summed E-state index contributed by atoms with van der Waals surface area (Å²) in [5.74, 6) is 0. The Kier molecular flexibility index (Phi) is 2.70. The van der Waals surface area contributed by atoms with Gasteiger partial charge in [0.2, 0.25) is 5.28 Å². The third-order valence-electron chi connectivity index (χ3n) is 3.94. The van der Waals surface area contributed by atoms with Crippen molar-refractivity contribution in [3.8, 4) is 11.3 Å². The summed E-state index contributed by atoms with van der Waals surface area (Å²) in [6.45, 7) is 0. The van der Waals surface area contributed by atoms with E-state index in [-0.39, 0.29) is 0 Å². The normalized spacial score (nSPS) is 15.4. The Morgan fingerprint density at radius 3 is 2.85 bits per heavy atom. The zero-order chi connectivity index (χ0) is 13.5. The fraction of sp³-hybridized carbons (Fsp3) is 0.267. The number of halogens is 1. The van der Waals surface area contributed by atoms with Crippen LogP contribution in [0.15, 0.2) is 36.8 Å². The summed E-state index contributed by atoms with van der Waals surface area (Å²) in [6, 6.07) is 6.66. The standard InChI is InChI=1S/C15H13ClN4/c16-15-18-9-11-7-13(10-3-2-6-17-8-10)20(14(11)19-15)12-4-1-5-12/h2-3,6-9,12H,1,4-5H2. The largest absolute Gasteiger partial charge is 0.322 e. The summed E-state index contributed by atoms with van der Waals surface area (Å²) in [5.41, 5.74) is 3.18. The molecule has 0 radical (unpaired) electrons. The van der Waals surface area contributed by atoms with Crippen molar-refractivity contribution < 1.29 is 0 Å². The smallest absolute Gasteiger partial charge is 0.224 e. The second-order valence-corrected chi connectivity index (χ2v) is 5.48. The van der Waals surface area contributed by atoms with Crippen molar-refractivity contribution in [1.82, 2.24) is 19.5 Å². The quantitative estimate of drug-likeness (QED) is 0.671. The predicted molar refractivity (Wildman–Crippen MR) is 78.7 cm³/mol. The third kappa shape index (κ3) is 1.79. The molecule has 0 N–H and O–H groups in total. The van der Waals surface area contributed by atoms with Gasteiger partial charge in [0, 0.05) is 35.6 Å². The van der Waals surface area contributed by atoms with Crippen LogP contribution in [0.5, 0.6) is 0 Å². The van der Waals surface area contributed by atoms with Crippen LogP contribution in [-0.4, -0.2) is 19.5 Å². The predicted octanol–water partition coefficient (Wildman–Crippen LogP) is 3.87. The van der Waals surface area contributed by atoms with Crippen molar-refractivity contribution in [2.45, 2.75) is 25.3 Å². The minimum Gasteiger partial charge on any atom is -0.322 e. The second kappa shape index (κ2) is 4.56. The van der Waals surface area contributed by atoms with Crippen LogP contribution >= 0.6 is 11.6 Å². The highest BCUT2D eigenvalue weighted by Crippen LogP contribution is 2.39. The van der Waals surface area contributed by atoms with E-state index in [4.69, 9.17) is 11.6 Å². The average molecular weight is 285 g/mol. The van der Waals surface area contributed by atoms with Gasteiger partial charge >= 0.3 is 0 Å². The molecule has 20 heavy (non-hydrogen) atoms. The van der Waals surface area contributed by atoms with E-state index in [1.54, 1.807) is 12.4 Å². The molecule has 5 heteroatoms. The maximum atomic E-state index is 5.96. The van der Waals surface area contributed by atoms with Crippen molar-refractivity contribution in [3.63, 3.8) is 0 Å². The number of rotatable bonds is 2. The summed E-state index contributed by atoms with van der Waals surface area (Å²) < 4.78 is 2.30. The van der Waals surface area contributed by atoms with Crippen LogP contribution in [0.3, 0.4) is 0 Å². The zero-order valence-corrected chi connectivity index (χ0v) is 11.6. The molecule has 3 aromatic rings. The molecule has 0 spiro atoms. The van der Waals surface area contributed by atoms with Crippen LogP contribution in [0, 0.1) is 0 Å². The first-order valence-corrected chi connectivity index (χ1v) is 7.14. The van der Waals surface area contributed by atoms with Crippen molar-refractivity contribution in [3.05, 3.63) is 42.1 Å². The summed E-state index contributed by atoms with van der Waals surface area (Å²) in [5, 5.41) is 1.33. The Labute approximate surface area is 121 Å². The molecule has 1 fully saturated rings. The van der Waals surface area contributed by atoms with Crippen LogP contribution in [0.1, 0.15) is 25.3 Å². The van der Waals surface area contributed by atoms with Gasteiger partial charge in [-0.25, -0.2) is 4.98 Å². The maximum Gasteiger partial charge on any atom is 0.224 e. The maximum absolute atomic E-state index is 5.96. The number of nitrogens with zero attached hydrogens (tertiary/aromatic N) is 4. The molecule has 0 unspecified atom stereocenters. The van der Waals surface area contributed by atoms with Crippen molar-refractivity contribution >= 4 is 22.6 Å². The Morgan fingerprint density at radius 1 is 1.25 bits per heavy atom. The minimum absolute atomic E-state index is 0.300. The highest BCUT2D eigenvalue weighted by molar-refractivity contribution is 6.28. The molecule has 0 amide bonds. The van der Waals surface area contributed by atoms with Gasteiger partial charge in [0.15, 0.2) is 0 Å². The van der Waals surface area contributed by atoms with Gasteiger partial charge in [-0.2, -0.15) is 4.98 Å². The number of hydrogen-bond acceptors (Lipinski definition) is 3. The molecule has 1 aliphatic carbocycles. The van der Waals surface area contributed by atoms with Gasteiger partial charge in [0.05, 0.1) is 5.69 Å². The summed E-state index contributed by atoms with van der Waals surface area (Å²) in [6.07, 6.45) is 9.13. The number of hydrogen-bond donors (Lipinski definition) is 0. The van der Waals surface area contributed by atoms with Gasteiger partial charge in [0.1, 0.15) is 5.65 Å². The lowest BCUT2D eigenvalue weighted by molar-refractivity contribution is 0.323. The molecular formula is C15H13ClN4. The van der Waals surface area contributed by atoms with Gasteiger partial charge < -0.3 is 4.57 Å². The zero-order valence-electron chi connectivity index (χ0n) is 10.8. The molecule has 4 nitrogen and oxygen atoms in total. The first kappa shape index (κ1) is 11.9. The molecule has 0 saturated heterocycles. The van der Waals surface area contributed by atoms with Crippen LogP contribution in [0.25, 0.3) is 22.3 Å². The van der Waals surface area contributed by atoms with Crippen LogP contribution in [0.2, 0.25) is 5.28 Å². The second-order valence-electron chi connectivity index (χ2n) is 5.14. The first-order chi connectivity index (χ1) is 9.83. The van der Waals surface area contributed by atoms with Gasteiger partial charge in [-0.3, -0.25) is 4.98 Å². The summed E-state index contributed by atoms with van der Waals surface area (Å²) >= 11 is 5.96. The van der Waals surface area contributed by atoms with E-state index in [1.807, 2.05) is 12.3 Å². The molecule has 0 atom stereocenters. The van der Waals surface area contributed by atoms with E-state index in [0.29, 0.717) is 11.3 Å². The average Bonchev–Trinajstić information content (AvgIpc) is 2.77. The molecule has 3 heterocycles. The fourth-order valence-corrected chi connectivity index (χ4v) is 2.87. The third-order valence-corrected chi connectivity index (χ3v) is 4.13. The highest BCUT2D eigenvalue weighted by Gasteiger charge is 2.25. The highest BCUT2D eigenvalue weighted by atomic mass is 35.5.